The Morgan fingerprint density at radius 1 is 1.42 bits per heavy atom. The van der Waals surface area contributed by atoms with Crippen LogP contribution in [0.3, 0.4) is 0 Å². The van der Waals surface area contributed by atoms with Crippen LogP contribution in [0.1, 0.15) is 31.4 Å². The van der Waals surface area contributed by atoms with Crippen molar-refractivity contribution in [3.63, 3.8) is 0 Å². The fraction of sp³-hybridized carbons (Fsp3) is 0.400. The first-order valence-corrected chi connectivity index (χ1v) is 6.23. The van der Waals surface area contributed by atoms with Gasteiger partial charge in [-0.1, -0.05) is 13.8 Å². The molecule has 2 N–H and O–H groups in total. The summed E-state index contributed by atoms with van der Waals surface area (Å²) < 4.78 is 5.29. The van der Waals surface area contributed by atoms with Gasteiger partial charge in [0, 0.05) is 22.5 Å². The molecule has 0 spiro atoms. The number of methoxy groups -OCH3 is 1. The number of carboxylic acids is 1. The van der Waals surface area contributed by atoms with Gasteiger partial charge in [0.25, 0.3) is 0 Å². The Morgan fingerprint density at radius 2 is 2.11 bits per heavy atom. The van der Waals surface area contributed by atoms with Gasteiger partial charge in [0.2, 0.25) is 0 Å². The van der Waals surface area contributed by atoms with Gasteiger partial charge in [0.15, 0.2) is 0 Å². The molecule has 19 heavy (non-hydrogen) atoms. The molecule has 0 saturated carbocycles. The van der Waals surface area contributed by atoms with E-state index in [9.17, 15) is 4.79 Å². The first-order valence-electron chi connectivity index (χ1n) is 6.23. The standard InChI is InChI=1S/C15H19NO3/c1-9-5-10(19-4)6-11-12(8-16-14(9)11)15(2,3)7-13(17)18/h5-6,8,16H,7H2,1-4H3,(H,17,18). The molecule has 0 fully saturated rings. The van der Waals surface area contributed by atoms with Crippen molar-refractivity contribution in [3.8, 4) is 5.75 Å². The highest BCUT2D eigenvalue weighted by Crippen LogP contribution is 2.36. The maximum atomic E-state index is 11.0. The van der Waals surface area contributed by atoms with Crippen LogP contribution in [-0.2, 0) is 10.2 Å². The molecule has 0 radical (unpaired) electrons. The number of H-pyrrole nitrogens is 1. The molecule has 4 heteroatoms. The summed E-state index contributed by atoms with van der Waals surface area (Å²) in [6, 6.07) is 3.92. The van der Waals surface area contributed by atoms with Gasteiger partial charge in [-0.15, -0.1) is 0 Å². The summed E-state index contributed by atoms with van der Waals surface area (Å²) >= 11 is 0. The lowest BCUT2D eigenvalue weighted by Gasteiger charge is -2.22. The number of aromatic amines is 1. The van der Waals surface area contributed by atoms with Crippen molar-refractivity contribution in [1.82, 2.24) is 4.98 Å². The molecule has 0 aliphatic carbocycles. The second-order valence-corrected chi connectivity index (χ2v) is 5.52. The maximum Gasteiger partial charge on any atom is 0.304 e. The van der Waals surface area contributed by atoms with Crippen molar-refractivity contribution < 1.29 is 14.6 Å². The van der Waals surface area contributed by atoms with Crippen molar-refractivity contribution >= 4 is 16.9 Å². The quantitative estimate of drug-likeness (QED) is 0.888. The fourth-order valence-corrected chi connectivity index (χ4v) is 2.53. The van der Waals surface area contributed by atoms with E-state index >= 15 is 0 Å². The van der Waals surface area contributed by atoms with Crippen LogP contribution in [0.4, 0.5) is 0 Å². The smallest absolute Gasteiger partial charge is 0.304 e. The van der Waals surface area contributed by atoms with Gasteiger partial charge in [0.1, 0.15) is 5.75 Å². The van der Waals surface area contributed by atoms with Gasteiger partial charge in [-0.2, -0.15) is 0 Å². The van der Waals surface area contributed by atoms with Crippen LogP contribution in [0.15, 0.2) is 18.3 Å². The maximum absolute atomic E-state index is 11.0. The van der Waals surface area contributed by atoms with Crippen molar-refractivity contribution in [3.05, 3.63) is 29.5 Å². The number of ether oxygens (including phenoxy) is 1. The summed E-state index contributed by atoms with van der Waals surface area (Å²) in [5.74, 6) is -0.00376. The fourth-order valence-electron chi connectivity index (χ4n) is 2.53. The van der Waals surface area contributed by atoms with Crippen molar-refractivity contribution in [2.75, 3.05) is 7.11 Å². The molecule has 0 saturated heterocycles. The van der Waals surface area contributed by atoms with E-state index in [1.54, 1.807) is 7.11 Å². The van der Waals surface area contributed by atoms with E-state index in [4.69, 9.17) is 9.84 Å². The van der Waals surface area contributed by atoms with E-state index in [2.05, 4.69) is 4.98 Å². The molecule has 2 aromatic rings. The average Bonchev–Trinajstić information content (AvgIpc) is 2.71. The van der Waals surface area contributed by atoms with Gasteiger partial charge >= 0.3 is 5.97 Å². The number of nitrogens with one attached hydrogen (secondary N) is 1. The summed E-state index contributed by atoms with van der Waals surface area (Å²) in [5.41, 5.74) is 2.70. The van der Waals surface area contributed by atoms with Gasteiger partial charge < -0.3 is 14.8 Å². The molecule has 2 rings (SSSR count). The normalized spacial score (nSPS) is 11.8. The number of rotatable bonds is 4. The van der Waals surface area contributed by atoms with Crippen LogP contribution in [0, 0.1) is 6.92 Å². The van der Waals surface area contributed by atoms with Crippen LogP contribution >= 0.6 is 0 Å². The molecule has 0 atom stereocenters. The molecule has 1 heterocycles. The highest BCUT2D eigenvalue weighted by molar-refractivity contribution is 5.89. The van der Waals surface area contributed by atoms with E-state index < -0.39 is 11.4 Å². The Kier molecular flexibility index (Phi) is 3.27. The zero-order chi connectivity index (χ0) is 14.2. The highest BCUT2D eigenvalue weighted by Gasteiger charge is 2.27. The highest BCUT2D eigenvalue weighted by atomic mass is 16.5. The molecule has 1 aromatic heterocycles. The van der Waals surface area contributed by atoms with Crippen LogP contribution in [0.5, 0.6) is 5.75 Å². The molecule has 1 aromatic carbocycles. The summed E-state index contributed by atoms with van der Waals surface area (Å²) in [5, 5.41) is 10.1. The lowest BCUT2D eigenvalue weighted by atomic mass is 9.81. The van der Waals surface area contributed by atoms with Crippen molar-refractivity contribution in [1.29, 1.82) is 0 Å². The molecular formula is C15H19NO3. The van der Waals surface area contributed by atoms with E-state index in [1.807, 2.05) is 39.1 Å². The Balaban J connectivity index is 2.61. The predicted molar refractivity (Wildman–Crippen MR) is 74.9 cm³/mol. The molecule has 0 aliphatic rings. The zero-order valence-corrected chi connectivity index (χ0v) is 11.7. The number of aromatic nitrogens is 1. The lowest BCUT2D eigenvalue weighted by Crippen LogP contribution is -2.21. The van der Waals surface area contributed by atoms with E-state index in [-0.39, 0.29) is 6.42 Å². The average molecular weight is 261 g/mol. The van der Waals surface area contributed by atoms with Gasteiger partial charge in [0.05, 0.1) is 13.5 Å². The van der Waals surface area contributed by atoms with Crippen LogP contribution in [0.25, 0.3) is 10.9 Å². The molecule has 0 aliphatic heterocycles. The van der Waals surface area contributed by atoms with Crippen LogP contribution in [0.2, 0.25) is 0 Å². The number of hydrogen-bond acceptors (Lipinski definition) is 2. The summed E-state index contributed by atoms with van der Waals surface area (Å²) in [6.45, 7) is 5.90. The number of aliphatic carboxylic acids is 1. The predicted octanol–water partition coefficient (Wildman–Crippen LogP) is 3.24. The minimum Gasteiger partial charge on any atom is -0.497 e. The van der Waals surface area contributed by atoms with Crippen molar-refractivity contribution in [2.24, 2.45) is 0 Å². The van der Waals surface area contributed by atoms with Crippen LogP contribution in [-0.4, -0.2) is 23.2 Å². The minimum atomic E-state index is -0.793. The number of aryl methyl sites for hydroxylation is 1. The van der Waals surface area contributed by atoms with Gasteiger partial charge in [-0.05, 0) is 30.2 Å². The second kappa shape index (κ2) is 4.61. The zero-order valence-electron chi connectivity index (χ0n) is 11.7. The van der Waals surface area contributed by atoms with Gasteiger partial charge in [-0.3, -0.25) is 4.79 Å². The SMILES string of the molecule is COc1cc(C)c2[nH]cc(C(C)(C)CC(=O)O)c2c1. The first kappa shape index (κ1) is 13.5. The van der Waals surface area contributed by atoms with E-state index in [0.29, 0.717) is 0 Å². The lowest BCUT2D eigenvalue weighted by molar-refractivity contribution is -0.138. The molecule has 0 unspecified atom stereocenters. The molecule has 4 nitrogen and oxygen atoms in total. The van der Waals surface area contributed by atoms with Gasteiger partial charge in [-0.25, -0.2) is 0 Å². The third kappa shape index (κ3) is 2.43. The first-order chi connectivity index (χ1) is 8.85. The Morgan fingerprint density at radius 3 is 2.68 bits per heavy atom. The number of carbonyl (C=O) groups is 1. The summed E-state index contributed by atoms with van der Waals surface area (Å²) in [7, 11) is 1.63. The summed E-state index contributed by atoms with van der Waals surface area (Å²) in [6.07, 6.45) is 2.00. The Labute approximate surface area is 112 Å². The van der Waals surface area contributed by atoms with Crippen molar-refractivity contribution in [2.45, 2.75) is 32.6 Å². The number of benzene rings is 1. The Bertz CT molecular complexity index is 626. The van der Waals surface area contributed by atoms with E-state index in [1.165, 1.54) is 0 Å². The topological polar surface area (TPSA) is 62.3 Å². The molecule has 102 valence electrons. The largest absolute Gasteiger partial charge is 0.497 e. The number of fused-ring (bicyclic) bond motifs is 1. The number of hydrogen-bond donors (Lipinski definition) is 2. The summed E-state index contributed by atoms with van der Waals surface area (Å²) in [4.78, 5) is 14.2. The van der Waals surface area contributed by atoms with Crippen LogP contribution < -0.4 is 4.74 Å². The van der Waals surface area contributed by atoms with E-state index in [0.717, 1.165) is 27.8 Å². The minimum absolute atomic E-state index is 0.0935. The molecular weight excluding hydrogens is 242 g/mol. The second-order valence-electron chi connectivity index (χ2n) is 5.52. The Hall–Kier alpha value is -1.97. The molecule has 0 amide bonds. The monoisotopic (exact) mass is 261 g/mol. The molecule has 0 bridgehead atoms. The third-order valence-corrected chi connectivity index (χ3v) is 3.52. The number of carboxylic acid groups (broad SMARTS) is 1. The third-order valence-electron chi connectivity index (χ3n) is 3.52.